The van der Waals surface area contributed by atoms with E-state index in [1.807, 2.05) is 18.2 Å². The summed E-state index contributed by atoms with van der Waals surface area (Å²) in [6, 6.07) is 9.07. The number of amides is 2. The first-order valence-corrected chi connectivity index (χ1v) is 8.54. The Kier molecular flexibility index (Phi) is 4.30. The maximum absolute atomic E-state index is 12.5. The molecule has 1 aromatic carbocycles. The number of carbonyl (C=O) groups excluding carboxylic acids is 2. The van der Waals surface area contributed by atoms with Crippen LogP contribution in [0.4, 0.5) is 11.4 Å². The second-order valence-electron chi connectivity index (χ2n) is 6.33. The lowest BCUT2D eigenvalue weighted by molar-refractivity contribution is -0.127. The number of ether oxygens (including phenoxy) is 2. The van der Waals surface area contributed by atoms with Gasteiger partial charge < -0.3 is 14.8 Å². The average Bonchev–Trinajstić information content (AvgIpc) is 2.65. The van der Waals surface area contributed by atoms with Crippen LogP contribution in [0.2, 0.25) is 0 Å². The normalized spacial score (nSPS) is 18.6. The van der Waals surface area contributed by atoms with Crippen molar-refractivity contribution < 1.29 is 19.1 Å². The second-order valence-corrected chi connectivity index (χ2v) is 6.33. The van der Waals surface area contributed by atoms with Crippen LogP contribution in [-0.4, -0.2) is 36.1 Å². The van der Waals surface area contributed by atoms with E-state index in [4.69, 9.17) is 9.47 Å². The molecule has 7 nitrogen and oxygen atoms in total. The van der Waals surface area contributed by atoms with Crippen LogP contribution in [0.25, 0.3) is 0 Å². The fraction of sp³-hybridized carbons (Fsp3) is 0.316. The SMILES string of the molecule is CC1Oc2ccccc2N(CC(=O)Nc2cnc3c(c2)COCC3)C1=O. The van der Waals surface area contributed by atoms with Gasteiger partial charge in [-0.3, -0.25) is 19.5 Å². The zero-order valence-electron chi connectivity index (χ0n) is 14.4. The number of rotatable bonds is 3. The zero-order valence-corrected chi connectivity index (χ0v) is 14.4. The van der Waals surface area contributed by atoms with Crippen molar-refractivity contribution in [2.45, 2.75) is 26.1 Å². The van der Waals surface area contributed by atoms with Gasteiger partial charge in [0.05, 0.1) is 30.8 Å². The smallest absolute Gasteiger partial charge is 0.268 e. The van der Waals surface area contributed by atoms with E-state index in [0.717, 1.165) is 17.7 Å². The van der Waals surface area contributed by atoms with Gasteiger partial charge in [-0.2, -0.15) is 0 Å². The molecule has 0 saturated carbocycles. The van der Waals surface area contributed by atoms with E-state index in [-0.39, 0.29) is 18.4 Å². The van der Waals surface area contributed by atoms with Gasteiger partial charge in [0.25, 0.3) is 5.91 Å². The Morgan fingerprint density at radius 3 is 3.12 bits per heavy atom. The summed E-state index contributed by atoms with van der Waals surface area (Å²) in [6.07, 6.45) is 1.79. The van der Waals surface area contributed by atoms with Crippen molar-refractivity contribution in [3.63, 3.8) is 0 Å². The van der Waals surface area contributed by atoms with Crippen LogP contribution in [0.15, 0.2) is 36.5 Å². The number of anilines is 2. The molecule has 2 aliphatic rings. The van der Waals surface area contributed by atoms with Gasteiger partial charge in [0.15, 0.2) is 6.10 Å². The molecule has 2 amide bonds. The number of nitrogens with one attached hydrogen (secondary N) is 1. The molecule has 1 atom stereocenters. The highest BCUT2D eigenvalue weighted by molar-refractivity contribution is 6.06. The molecule has 0 bridgehead atoms. The molecule has 0 saturated heterocycles. The number of para-hydroxylation sites is 2. The Hall–Kier alpha value is -2.93. The Morgan fingerprint density at radius 2 is 2.23 bits per heavy atom. The molecule has 0 spiro atoms. The summed E-state index contributed by atoms with van der Waals surface area (Å²) in [5.74, 6) is 0.0662. The molecule has 2 aromatic rings. The highest BCUT2D eigenvalue weighted by atomic mass is 16.5. The van der Waals surface area contributed by atoms with Crippen LogP contribution in [0, 0.1) is 0 Å². The van der Waals surface area contributed by atoms with Crippen LogP contribution >= 0.6 is 0 Å². The summed E-state index contributed by atoms with van der Waals surface area (Å²) in [7, 11) is 0. The van der Waals surface area contributed by atoms with Gasteiger partial charge in [0, 0.05) is 17.7 Å². The molecule has 0 aliphatic carbocycles. The number of nitrogens with zero attached hydrogens (tertiary/aromatic N) is 2. The molecular formula is C19H19N3O4. The Bertz CT molecular complexity index is 868. The minimum absolute atomic E-state index is 0.0862. The van der Waals surface area contributed by atoms with E-state index >= 15 is 0 Å². The number of carbonyl (C=O) groups is 2. The monoisotopic (exact) mass is 353 g/mol. The quantitative estimate of drug-likeness (QED) is 0.912. The minimum atomic E-state index is -0.625. The molecule has 1 aromatic heterocycles. The third-order valence-corrected chi connectivity index (χ3v) is 4.46. The Morgan fingerprint density at radius 1 is 1.38 bits per heavy atom. The molecule has 1 N–H and O–H groups in total. The largest absolute Gasteiger partial charge is 0.479 e. The summed E-state index contributed by atoms with van der Waals surface area (Å²) in [5.41, 5.74) is 3.18. The van der Waals surface area contributed by atoms with Crippen molar-refractivity contribution in [3.8, 4) is 5.75 Å². The van der Waals surface area contributed by atoms with E-state index in [9.17, 15) is 9.59 Å². The fourth-order valence-electron chi connectivity index (χ4n) is 3.17. The highest BCUT2D eigenvalue weighted by Gasteiger charge is 2.32. The molecule has 1 unspecified atom stereocenters. The third-order valence-electron chi connectivity index (χ3n) is 4.46. The number of aromatic nitrogens is 1. The maximum atomic E-state index is 12.5. The van der Waals surface area contributed by atoms with Crippen LogP contribution in [0.3, 0.4) is 0 Å². The predicted molar refractivity (Wildman–Crippen MR) is 95.1 cm³/mol. The minimum Gasteiger partial charge on any atom is -0.479 e. The summed E-state index contributed by atoms with van der Waals surface area (Å²) < 4.78 is 11.0. The molecule has 3 heterocycles. The summed E-state index contributed by atoms with van der Waals surface area (Å²) >= 11 is 0. The first kappa shape index (κ1) is 16.5. The molecule has 7 heteroatoms. The molecule has 2 aliphatic heterocycles. The first-order valence-electron chi connectivity index (χ1n) is 8.54. The molecule has 0 fully saturated rings. The van der Waals surface area contributed by atoms with Crippen molar-refractivity contribution in [1.29, 1.82) is 0 Å². The predicted octanol–water partition coefficient (Wildman–Crippen LogP) is 1.91. The topological polar surface area (TPSA) is 80.8 Å². The molecular weight excluding hydrogens is 334 g/mol. The fourth-order valence-corrected chi connectivity index (χ4v) is 3.17. The van der Waals surface area contributed by atoms with Crippen LogP contribution < -0.4 is 15.0 Å². The lowest BCUT2D eigenvalue weighted by Gasteiger charge is -2.32. The Balaban J connectivity index is 1.50. The average molecular weight is 353 g/mol. The molecule has 0 radical (unpaired) electrons. The number of hydrogen-bond acceptors (Lipinski definition) is 5. The number of benzene rings is 1. The highest BCUT2D eigenvalue weighted by Crippen LogP contribution is 2.33. The van der Waals surface area contributed by atoms with Crippen molar-refractivity contribution in [2.24, 2.45) is 0 Å². The maximum Gasteiger partial charge on any atom is 0.268 e. The summed E-state index contributed by atoms with van der Waals surface area (Å²) in [4.78, 5) is 30.8. The number of fused-ring (bicyclic) bond motifs is 2. The van der Waals surface area contributed by atoms with Gasteiger partial charge in [-0.1, -0.05) is 12.1 Å². The van der Waals surface area contributed by atoms with E-state index in [1.54, 1.807) is 25.3 Å². The third kappa shape index (κ3) is 3.13. The van der Waals surface area contributed by atoms with Gasteiger partial charge in [0.1, 0.15) is 12.3 Å². The van der Waals surface area contributed by atoms with Crippen LogP contribution in [0.5, 0.6) is 5.75 Å². The van der Waals surface area contributed by atoms with Gasteiger partial charge in [0.2, 0.25) is 5.91 Å². The van der Waals surface area contributed by atoms with E-state index in [2.05, 4.69) is 10.3 Å². The molecule has 134 valence electrons. The van der Waals surface area contributed by atoms with E-state index in [1.165, 1.54) is 4.90 Å². The molecule has 4 rings (SSSR count). The second kappa shape index (κ2) is 6.76. The lowest BCUT2D eigenvalue weighted by atomic mass is 10.1. The summed E-state index contributed by atoms with van der Waals surface area (Å²) in [5, 5.41) is 2.81. The first-order chi connectivity index (χ1) is 12.6. The van der Waals surface area contributed by atoms with Gasteiger partial charge in [-0.25, -0.2) is 0 Å². The van der Waals surface area contributed by atoms with E-state index < -0.39 is 6.10 Å². The Labute approximate surface area is 150 Å². The van der Waals surface area contributed by atoms with Crippen molar-refractivity contribution >= 4 is 23.2 Å². The van der Waals surface area contributed by atoms with Crippen molar-refractivity contribution in [1.82, 2.24) is 4.98 Å². The van der Waals surface area contributed by atoms with Crippen molar-refractivity contribution in [3.05, 3.63) is 47.8 Å². The molecule has 26 heavy (non-hydrogen) atoms. The van der Waals surface area contributed by atoms with Gasteiger partial charge in [-0.05, 0) is 25.1 Å². The zero-order chi connectivity index (χ0) is 18.1. The van der Waals surface area contributed by atoms with Crippen molar-refractivity contribution in [2.75, 3.05) is 23.4 Å². The van der Waals surface area contributed by atoms with Crippen LogP contribution in [-0.2, 0) is 27.4 Å². The summed E-state index contributed by atoms with van der Waals surface area (Å²) in [6.45, 7) is 2.76. The standard InChI is InChI=1S/C19H19N3O4/c1-12-19(24)22(16-4-2-3-5-17(16)26-12)10-18(23)21-14-8-13-11-25-7-6-15(13)20-9-14/h2-5,8-9,12H,6-7,10-11H2,1H3,(H,21,23). The lowest BCUT2D eigenvalue weighted by Crippen LogP contribution is -2.47. The van der Waals surface area contributed by atoms with Crippen LogP contribution in [0.1, 0.15) is 18.2 Å². The van der Waals surface area contributed by atoms with Gasteiger partial charge >= 0.3 is 0 Å². The van der Waals surface area contributed by atoms with Gasteiger partial charge in [-0.15, -0.1) is 0 Å². The van der Waals surface area contributed by atoms with E-state index in [0.29, 0.717) is 30.3 Å². The number of hydrogen-bond donors (Lipinski definition) is 1. The number of pyridine rings is 1.